The van der Waals surface area contributed by atoms with Gasteiger partial charge in [-0.05, 0) is 43.2 Å². The van der Waals surface area contributed by atoms with Crippen molar-refractivity contribution in [2.45, 2.75) is 45.6 Å². The molecule has 1 rings (SSSR count). The minimum absolute atomic E-state index is 0.0336. The molecule has 0 saturated heterocycles. The highest BCUT2D eigenvalue weighted by molar-refractivity contribution is 7.12. The second-order valence-electron chi connectivity index (χ2n) is 4.44. The van der Waals surface area contributed by atoms with Gasteiger partial charge in [0.2, 0.25) is 0 Å². The van der Waals surface area contributed by atoms with Crippen LogP contribution in [0.4, 0.5) is 0 Å². The quantitative estimate of drug-likeness (QED) is 0.784. The lowest BCUT2D eigenvalue weighted by molar-refractivity contribution is 0.0905. The van der Waals surface area contributed by atoms with Crippen molar-refractivity contribution in [2.75, 3.05) is 5.88 Å². The normalized spacial score (nSPS) is 14.4. The summed E-state index contributed by atoms with van der Waals surface area (Å²) >= 11 is 7.29. The Morgan fingerprint density at radius 2 is 2.24 bits per heavy atom. The van der Waals surface area contributed by atoms with Crippen molar-refractivity contribution in [1.29, 1.82) is 0 Å². The van der Waals surface area contributed by atoms with E-state index < -0.39 is 0 Å². The maximum Gasteiger partial charge on any atom is 0.262 e. The Balaban J connectivity index is 2.77. The fraction of sp³-hybridized carbons (Fsp3) is 0.615. The van der Waals surface area contributed by atoms with Gasteiger partial charge in [-0.2, -0.15) is 0 Å². The molecular formula is C13H20ClNOS. The third-order valence-electron chi connectivity index (χ3n) is 3.18. The Labute approximate surface area is 112 Å². The minimum atomic E-state index is -0.201. The highest BCUT2D eigenvalue weighted by Crippen LogP contribution is 2.21. The molecule has 1 unspecified atom stereocenters. The molecule has 1 atom stereocenters. The Bertz CT molecular complexity index is 377. The summed E-state index contributed by atoms with van der Waals surface area (Å²) in [7, 11) is 0. The predicted molar refractivity (Wildman–Crippen MR) is 75.2 cm³/mol. The van der Waals surface area contributed by atoms with E-state index >= 15 is 0 Å². The lowest BCUT2D eigenvalue weighted by Crippen LogP contribution is -2.45. The number of alkyl halides is 1. The fourth-order valence-corrected chi connectivity index (χ4v) is 2.99. The Kier molecular flexibility index (Phi) is 5.47. The van der Waals surface area contributed by atoms with Crippen molar-refractivity contribution in [3.63, 3.8) is 0 Å². The summed E-state index contributed by atoms with van der Waals surface area (Å²) in [4.78, 5) is 13.0. The Hall–Kier alpha value is -0.540. The zero-order chi connectivity index (χ0) is 12.9. The van der Waals surface area contributed by atoms with Crippen LogP contribution in [-0.4, -0.2) is 17.3 Å². The molecule has 0 aliphatic heterocycles. The zero-order valence-corrected chi connectivity index (χ0v) is 12.3. The number of nitrogens with one attached hydrogen (secondary N) is 1. The van der Waals surface area contributed by atoms with Crippen molar-refractivity contribution < 1.29 is 4.79 Å². The molecule has 4 heteroatoms. The molecule has 0 saturated carbocycles. The van der Waals surface area contributed by atoms with Crippen LogP contribution in [0, 0.1) is 0 Å². The van der Waals surface area contributed by atoms with E-state index in [4.69, 9.17) is 11.6 Å². The van der Waals surface area contributed by atoms with E-state index in [1.165, 1.54) is 11.3 Å². The summed E-state index contributed by atoms with van der Waals surface area (Å²) in [5, 5.41) is 5.08. The minimum Gasteiger partial charge on any atom is -0.346 e. The summed E-state index contributed by atoms with van der Waals surface area (Å²) in [5.74, 6) is 0.599. The van der Waals surface area contributed by atoms with E-state index in [9.17, 15) is 4.79 Å². The molecule has 0 aromatic carbocycles. The molecule has 1 heterocycles. The van der Waals surface area contributed by atoms with Crippen molar-refractivity contribution in [1.82, 2.24) is 5.32 Å². The number of hydrogen-bond acceptors (Lipinski definition) is 2. The van der Waals surface area contributed by atoms with Crippen molar-refractivity contribution in [2.24, 2.45) is 0 Å². The molecule has 1 aromatic heterocycles. The first kappa shape index (κ1) is 14.5. The number of thiophene rings is 1. The zero-order valence-electron chi connectivity index (χ0n) is 10.7. The van der Waals surface area contributed by atoms with E-state index in [2.05, 4.69) is 19.2 Å². The summed E-state index contributed by atoms with van der Waals surface area (Å²) in [6.45, 7) is 6.19. The highest BCUT2D eigenvalue weighted by atomic mass is 35.5. The molecular weight excluding hydrogens is 254 g/mol. The smallest absolute Gasteiger partial charge is 0.262 e. The number of rotatable bonds is 6. The average Bonchev–Trinajstić information content (AvgIpc) is 2.77. The molecule has 0 bridgehead atoms. The number of aryl methyl sites for hydroxylation is 1. The Morgan fingerprint density at radius 3 is 2.76 bits per heavy atom. The van der Waals surface area contributed by atoms with Gasteiger partial charge < -0.3 is 5.32 Å². The van der Waals surface area contributed by atoms with Gasteiger partial charge in [-0.1, -0.05) is 13.8 Å². The number of amides is 1. The van der Waals surface area contributed by atoms with Crippen molar-refractivity contribution >= 4 is 28.8 Å². The number of carbonyl (C=O) groups is 1. The second-order valence-corrected chi connectivity index (χ2v) is 5.73. The van der Waals surface area contributed by atoms with Crippen LogP contribution < -0.4 is 5.32 Å². The van der Waals surface area contributed by atoms with Gasteiger partial charge in [0.05, 0.1) is 4.88 Å². The lowest BCUT2D eigenvalue weighted by Gasteiger charge is -2.28. The van der Waals surface area contributed by atoms with E-state index in [0.717, 1.165) is 29.7 Å². The van der Waals surface area contributed by atoms with Crippen molar-refractivity contribution in [3.05, 3.63) is 21.9 Å². The SMILES string of the molecule is CCc1ccsc1C(=O)NC(C)(CC)CCCl. The van der Waals surface area contributed by atoms with Gasteiger partial charge in [0.1, 0.15) is 0 Å². The average molecular weight is 274 g/mol. The third-order valence-corrected chi connectivity index (χ3v) is 4.32. The first-order valence-corrected chi connectivity index (χ1v) is 7.42. The van der Waals surface area contributed by atoms with Gasteiger partial charge in [0, 0.05) is 11.4 Å². The lowest BCUT2D eigenvalue weighted by atomic mass is 9.95. The van der Waals surface area contributed by atoms with E-state index in [-0.39, 0.29) is 11.4 Å². The molecule has 0 spiro atoms. The monoisotopic (exact) mass is 273 g/mol. The summed E-state index contributed by atoms with van der Waals surface area (Å²) in [6, 6.07) is 2.02. The topological polar surface area (TPSA) is 29.1 Å². The van der Waals surface area contributed by atoms with Crippen LogP contribution in [0.3, 0.4) is 0 Å². The molecule has 1 N–H and O–H groups in total. The first-order valence-electron chi connectivity index (χ1n) is 6.01. The molecule has 2 nitrogen and oxygen atoms in total. The van der Waals surface area contributed by atoms with E-state index in [1.807, 2.05) is 18.4 Å². The molecule has 0 aliphatic carbocycles. The van der Waals surface area contributed by atoms with Gasteiger partial charge in [0.25, 0.3) is 5.91 Å². The molecule has 0 aliphatic rings. The molecule has 0 radical (unpaired) electrons. The second kappa shape index (κ2) is 6.41. The van der Waals surface area contributed by atoms with Crippen LogP contribution in [0.1, 0.15) is 48.8 Å². The Morgan fingerprint density at radius 1 is 1.53 bits per heavy atom. The first-order chi connectivity index (χ1) is 8.06. The van der Waals surface area contributed by atoms with Crippen LogP contribution in [-0.2, 0) is 6.42 Å². The summed E-state index contributed by atoms with van der Waals surface area (Å²) in [6.07, 6.45) is 2.58. The van der Waals surface area contributed by atoms with Crippen LogP contribution in [0.5, 0.6) is 0 Å². The summed E-state index contributed by atoms with van der Waals surface area (Å²) in [5.41, 5.74) is 0.922. The standard InChI is InChI=1S/C13H20ClNOS/c1-4-10-6-9-17-11(10)12(16)15-13(3,5-2)7-8-14/h6,9H,4-5,7-8H2,1-3H3,(H,15,16). The van der Waals surface area contributed by atoms with Crippen LogP contribution >= 0.6 is 22.9 Å². The van der Waals surface area contributed by atoms with Gasteiger partial charge in [-0.25, -0.2) is 0 Å². The van der Waals surface area contributed by atoms with Gasteiger partial charge >= 0.3 is 0 Å². The largest absolute Gasteiger partial charge is 0.346 e. The number of halogens is 1. The van der Waals surface area contributed by atoms with E-state index in [1.54, 1.807) is 0 Å². The van der Waals surface area contributed by atoms with Gasteiger partial charge in [0.15, 0.2) is 0 Å². The van der Waals surface area contributed by atoms with Crippen molar-refractivity contribution in [3.8, 4) is 0 Å². The molecule has 17 heavy (non-hydrogen) atoms. The molecule has 96 valence electrons. The number of carbonyl (C=O) groups excluding carboxylic acids is 1. The third kappa shape index (κ3) is 3.71. The fourth-order valence-electron chi connectivity index (χ4n) is 1.68. The molecule has 0 fully saturated rings. The van der Waals surface area contributed by atoms with Crippen LogP contribution in [0.25, 0.3) is 0 Å². The van der Waals surface area contributed by atoms with Gasteiger partial charge in [-0.15, -0.1) is 22.9 Å². The molecule has 1 aromatic rings. The number of hydrogen-bond donors (Lipinski definition) is 1. The van der Waals surface area contributed by atoms with Crippen LogP contribution in [0.2, 0.25) is 0 Å². The summed E-state index contributed by atoms with van der Waals surface area (Å²) < 4.78 is 0. The maximum absolute atomic E-state index is 12.2. The van der Waals surface area contributed by atoms with Gasteiger partial charge in [-0.3, -0.25) is 4.79 Å². The van der Waals surface area contributed by atoms with E-state index in [0.29, 0.717) is 5.88 Å². The maximum atomic E-state index is 12.2. The molecule has 1 amide bonds. The highest BCUT2D eigenvalue weighted by Gasteiger charge is 2.25. The predicted octanol–water partition coefficient (Wildman–Crippen LogP) is 3.84. The van der Waals surface area contributed by atoms with Crippen LogP contribution in [0.15, 0.2) is 11.4 Å².